The lowest BCUT2D eigenvalue weighted by Gasteiger charge is -1.96. The van der Waals surface area contributed by atoms with E-state index >= 15 is 0 Å². The number of hydrogen-bond donors (Lipinski definition) is 3. The highest BCUT2D eigenvalue weighted by Gasteiger charge is 2.01. The number of nitrogens with two attached hydrogens (primary N) is 1. The predicted molar refractivity (Wildman–Crippen MR) is 65.1 cm³/mol. The second-order valence-corrected chi connectivity index (χ2v) is 3.48. The van der Waals surface area contributed by atoms with E-state index in [0.717, 1.165) is 11.6 Å². The normalized spacial score (nSPS) is 10.8. The Morgan fingerprint density at radius 3 is 2.71 bits per heavy atom. The van der Waals surface area contributed by atoms with Crippen molar-refractivity contribution in [2.75, 3.05) is 5.73 Å². The molecule has 4 N–H and O–H groups in total. The standard InChI is InChI=1S/C12H11N3O2/c13-9-3-1-8(2-4-9)12-14-7-10(15-12)5-6-11(16)17/h1-7H,13H2,(H,14,15)(H,16,17)/b6-5+. The maximum Gasteiger partial charge on any atom is 0.328 e. The van der Waals surface area contributed by atoms with Gasteiger partial charge < -0.3 is 15.8 Å². The van der Waals surface area contributed by atoms with Crippen LogP contribution in [0.15, 0.2) is 36.5 Å². The van der Waals surface area contributed by atoms with Gasteiger partial charge in [-0.3, -0.25) is 0 Å². The molecule has 0 radical (unpaired) electrons. The van der Waals surface area contributed by atoms with Gasteiger partial charge in [-0.05, 0) is 30.3 Å². The number of nitrogen functional groups attached to an aromatic ring is 1. The number of carbonyl (C=O) groups is 1. The molecule has 86 valence electrons. The summed E-state index contributed by atoms with van der Waals surface area (Å²) >= 11 is 0. The molecule has 0 atom stereocenters. The van der Waals surface area contributed by atoms with E-state index in [0.29, 0.717) is 17.2 Å². The Morgan fingerprint density at radius 2 is 2.06 bits per heavy atom. The summed E-state index contributed by atoms with van der Waals surface area (Å²) in [5, 5.41) is 8.49. The lowest BCUT2D eigenvalue weighted by atomic mass is 10.2. The zero-order valence-corrected chi connectivity index (χ0v) is 8.92. The van der Waals surface area contributed by atoms with Gasteiger partial charge >= 0.3 is 5.97 Å². The summed E-state index contributed by atoms with van der Waals surface area (Å²) in [6.07, 6.45) is 4.08. The van der Waals surface area contributed by atoms with E-state index in [9.17, 15) is 4.79 Å². The highest BCUT2D eigenvalue weighted by atomic mass is 16.4. The minimum absolute atomic E-state index is 0.638. The third-order valence-electron chi connectivity index (χ3n) is 2.19. The summed E-state index contributed by atoms with van der Waals surface area (Å²) in [4.78, 5) is 17.5. The molecule has 0 saturated heterocycles. The molecule has 0 saturated carbocycles. The molecule has 1 aromatic carbocycles. The van der Waals surface area contributed by atoms with Crippen LogP contribution in [0.3, 0.4) is 0 Å². The molecule has 0 unspecified atom stereocenters. The Bertz CT molecular complexity index is 555. The highest BCUT2D eigenvalue weighted by Crippen LogP contribution is 2.17. The SMILES string of the molecule is Nc1ccc(-c2ncc(/C=C/C(=O)O)[nH]2)cc1. The molecule has 0 spiro atoms. The topological polar surface area (TPSA) is 92.0 Å². The monoisotopic (exact) mass is 229 g/mol. The number of hydrogen-bond acceptors (Lipinski definition) is 3. The summed E-state index contributed by atoms with van der Waals surface area (Å²) in [6, 6.07) is 7.26. The molecule has 1 aromatic heterocycles. The van der Waals surface area contributed by atoms with Crippen molar-refractivity contribution >= 4 is 17.7 Å². The lowest BCUT2D eigenvalue weighted by molar-refractivity contribution is -0.131. The molecule has 5 heteroatoms. The maximum atomic E-state index is 10.4. The van der Waals surface area contributed by atoms with Crippen molar-refractivity contribution in [1.29, 1.82) is 0 Å². The third kappa shape index (κ3) is 2.72. The molecular weight excluding hydrogens is 218 g/mol. The van der Waals surface area contributed by atoms with Gasteiger partial charge in [0.05, 0.1) is 11.9 Å². The molecule has 0 fully saturated rings. The van der Waals surface area contributed by atoms with Gasteiger partial charge in [-0.1, -0.05) is 0 Å². The molecule has 0 amide bonds. The number of aliphatic carboxylic acids is 1. The van der Waals surface area contributed by atoms with E-state index < -0.39 is 5.97 Å². The molecule has 5 nitrogen and oxygen atoms in total. The van der Waals surface area contributed by atoms with Gasteiger partial charge in [0.1, 0.15) is 5.82 Å². The molecule has 0 bridgehead atoms. The van der Waals surface area contributed by atoms with E-state index in [4.69, 9.17) is 10.8 Å². The Labute approximate surface area is 97.6 Å². The first-order valence-corrected chi connectivity index (χ1v) is 4.97. The first-order valence-electron chi connectivity index (χ1n) is 4.97. The first kappa shape index (κ1) is 10.9. The summed E-state index contributed by atoms with van der Waals surface area (Å²) in [5.74, 6) is -0.316. The lowest BCUT2D eigenvalue weighted by Crippen LogP contribution is -1.86. The van der Waals surface area contributed by atoms with Crippen LogP contribution in [-0.4, -0.2) is 21.0 Å². The van der Waals surface area contributed by atoms with E-state index in [1.165, 1.54) is 6.08 Å². The summed E-state index contributed by atoms with van der Waals surface area (Å²) in [7, 11) is 0. The van der Waals surface area contributed by atoms with Crippen molar-refractivity contribution in [2.24, 2.45) is 0 Å². The van der Waals surface area contributed by atoms with Gasteiger partial charge in [-0.2, -0.15) is 0 Å². The van der Waals surface area contributed by atoms with Crippen LogP contribution in [-0.2, 0) is 4.79 Å². The zero-order chi connectivity index (χ0) is 12.3. The number of benzene rings is 1. The number of aromatic nitrogens is 2. The van der Waals surface area contributed by atoms with Crippen LogP contribution in [0.4, 0.5) is 5.69 Å². The smallest absolute Gasteiger partial charge is 0.328 e. The van der Waals surface area contributed by atoms with E-state index in [2.05, 4.69) is 9.97 Å². The zero-order valence-electron chi connectivity index (χ0n) is 8.92. The fourth-order valence-corrected chi connectivity index (χ4v) is 1.37. The Hall–Kier alpha value is -2.56. The van der Waals surface area contributed by atoms with E-state index in [-0.39, 0.29) is 0 Å². The molecular formula is C12H11N3O2. The van der Waals surface area contributed by atoms with Crippen molar-refractivity contribution in [3.8, 4) is 11.4 Å². The number of rotatable bonds is 3. The average molecular weight is 229 g/mol. The predicted octanol–water partition coefficient (Wildman–Crippen LogP) is 1.76. The molecule has 1 heterocycles. The largest absolute Gasteiger partial charge is 0.478 e. The fourth-order valence-electron chi connectivity index (χ4n) is 1.37. The van der Waals surface area contributed by atoms with Crippen LogP contribution >= 0.6 is 0 Å². The molecule has 17 heavy (non-hydrogen) atoms. The van der Waals surface area contributed by atoms with Crippen molar-refractivity contribution in [3.05, 3.63) is 42.2 Å². The van der Waals surface area contributed by atoms with Crippen molar-refractivity contribution in [2.45, 2.75) is 0 Å². The van der Waals surface area contributed by atoms with E-state index in [1.807, 2.05) is 12.1 Å². The molecule has 0 aliphatic heterocycles. The van der Waals surface area contributed by atoms with Gasteiger partial charge in [0.15, 0.2) is 0 Å². The fraction of sp³-hybridized carbons (Fsp3) is 0. The van der Waals surface area contributed by atoms with Crippen molar-refractivity contribution < 1.29 is 9.90 Å². The van der Waals surface area contributed by atoms with Gasteiger partial charge in [-0.15, -0.1) is 0 Å². The number of anilines is 1. The number of carboxylic acids is 1. The molecule has 2 rings (SSSR count). The molecule has 0 aliphatic carbocycles. The van der Waals surface area contributed by atoms with Crippen molar-refractivity contribution in [3.63, 3.8) is 0 Å². The quantitative estimate of drug-likeness (QED) is 0.552. The number of carboxylic acid groups (broad SMARTS) is 1. The molecule has 0 aliphatic rings. The minimum atomic E-state index is -0.992. The van der Waals surface area contributed by atoms with Crippen molar-refractivity contribution in [1.82, 2.24) is 9.97 Å². The number of aromatic amines is 1. The Morgan fingerprint density at radius 1 is 1.35 bits per heavy atom. The van der Waals surface area contributed by atoms with Crippen LogP contribution < -0.4 is 5.73 Å². The van der Waals surface area contributed by atoms with Crippen LogP contribution in [0.1, 0.15) is 5.69 Å². The number of H-pyrrole nitrogens is 1. The highest BCUT2D eigenvalue weighted by molar-refractivity contribution is 5.85. The van der Waals surface area contributed by atoms with E-state index in [1.54, 1.807) is 18.3 Å². The van der Waals surface area contributed by atoms with Gasteiger partial charge in [0.2, 0.25) is 0 Å². The minimum Gasteiger partial charge on any atom is -0.478 e. The first-order chi connectivity index (χ1) is 8.15. The average Bonchev–Trinajstić information content (AvgIpc) is 2.76. The second-order valence-electron chi connectivity index (χ2n) is 3.48. The second kappa shape index (κ2) is 4.52. The summed E-state index contributed by atoms with van der Waals surface area (Å²) in [5.41, 5.74) is 7.81. The number of nitrogens with one attached hydrogen (secondary N) is 1. The summed E-state index contributed by atoms with van der Waals surface area (Å²) in [6.45, 7) is 0. The summed E-state index contributed by atoms with van der Waals surface area (Å²) < 4.78 is 0. The Balaban J connectivity index is 2.23. The number of imidazole rings is 1. The van der Waals surface area contributed by atoms with Crippen LogP contribution in [0, 0.1) is 0 Å². The van der Waals surface area contributed by atoms with Crippen LogP contribution in [0.25, 0.3) is 17.5 Å². The van der Waals surface area contributed by atoms with Gasteiger partial charge in [-0.25, -0.2) is 9.78 Å². The van der Waals surface area contributed by atoms with Crippen LogP contribution in [0.5, 0.6) is 0 Å². The van der Waals surface area contributed by atoms with Gasteiger partial charge in [0.25, 0.3) is 0 Å². The molecule has 2 aromatic rings. The van der Waals surface area contributed by atoms with Gasteiger partial charge in [0, 0.05) is 17.3 Å². The number of nitrogens with zero attached hydrogens (tertiary/aromatic N) is 1. The maximum absolute atomic E-state index is 10.4. The third-order valence-corrected chi connectivity index (χ3v) is 2.19. The van der Waals surface area contributed by atoms with Crippen LogP contribution in [0.2, 0.25) is 0 Å². The Kier molecular flexibility index (Phi) is 2.91.